The summed E-state index contributed by atoms with van der Waals surface area (Å²) in [6.07, 6.45) is 3.92. The van der Waals surface area contributed by atoms with Gasteiger partial charge >= 0.3 is 0 Å². The maximum Gasteiger partial charge on any atom is 0.0588 e. The first-order chi connectivity index (χ1) is 6.79. The van der Waals surface area contributed by atoms with Crippen molar-refractivity contribution < 1.29 is 4.74 Å². The normalized spacial score (nSPS) is 15.0. The minimum Gasteiger partial charge on any atom is -0.381 e. The number of rotatable bonds is 7. The van der Waals surface area contributed by atoms with Crippen molar-refractivity contribution >= 4 is 0 Å². The second kappa shape index (κ2) is 6.49. The van der Waals surface area contributed by atoms with E-state index in [1.807, 2.05) is 7.11 Å². The third-order valence-electron chi connectivity index (χ3n) is 3.34. The van der Waals surface area contributed by atoms with E-state index >= 15 is 0 Å². The van der Waals surface area contributed by atoms with Gasteiger partial charge in [0.05, 0.1) is 6.10 Å². The summed E-state index contributed by atoms with van der Waals surface area (Å²) < 4.78 is 5.56. The van der Waals surface area contributed by atoms with Gasteiger partial charge in [-0.1, -0.05) is 13.8 Å². The van der Waals surface area contributed by atoms with Crippen molar-refractivity contribution in [2.24, 2.45) is 5.92 Å². The van der Waals surface area contributed by atoms with Gasteiger partial charge in [0.1, 0.15) is 0 Å². The Morgan fingerprint density at radius 3 is 2.00 bits per heavy atom. The van der Waals surface area contributed by atoms with Crippen molar-refractivity contribution in [2.45, 2.75) is 58.6 Å². The van der Waals surface area contributed by atoms with Gasteiger partial charge in [-0.05, 0) is 53.1 Å². The largest absolute Gasteiger partial charge is 0.381 e. The standard InChI is InChI=1S/C13H29NO/c1-11(2)8-9-12(15-7)10-13(3,4)14(5)6/h11-12H,8-10H2,1-7H3. The first-order valence-corrected chi connectivity index (χ1v) is 5.99. The van der Waals surface area contributed by atoms with Crippen LogP contribution in [0.15, 0.2) is 0 Å². The maximum absolute atomic E-state index is 5.56. The van der Waals surface area contributed by atoms with Crippen molar-refractivity contribution in [3.8, 4) is 0 Å². The van der Waals surface area contributed by atoms with Crippen LogP contribution in [0.2, 0.25) is 0 Å². The average molecular weight is 215 g/mol. The number of nitrogens with zero attached hydrogens (tertiary/aromatic N) is 1. The van der Waals surface area contributed by atoms with E-state index in [2.05, 4.69) is 46.7 Å². The molecule has 0 rings (SSSR count). The summed E-state index contributed by atoms with van der Waals surface area (Å²) in [4.78, 5) is 2.27. The van der Waals surface area contributed by atoms with Crippen LogP contribution in [0.3, 0.4) is 0 Å². The third kappa shape index (κ3) is 6.16. The van der Waals surface area contributed by atoms with Crippen LogP contribution in [0.25, 0.3) is 0 Å². The molecule has 0 aliphatic rings. The highest BCUT2D eigenvalue weighted by Gasteiger charge is 2.25. The molecule has 0 fully saturated rings. The van der Waals surface area contributed by atoms with Crippen LogP contribution in [0, 0.1) is 5.92 Å². The molecule has 0 bridgehead atoms. The monoisotopic (exact) mass is 215 g/mol. The van der Waals surface area contributed by atoms with E-state index in [-0.39, 0.29) is 5.54 Å². The molecule has 15 heavy (non-hydrogen) atoms. The van der Waals surface area contributed by atoms with E-state index in [0.29, 0.717) is 6.10 Å². The van der Waals surface area contributed by atoms with Crippen LogP contribution in [0.5, 0.6) is 0 Å². The summed E-state index contributed by atoms with van der Waals surface area (Å²) >= 11 is 0. The Hall–Kier alpha value is -0.0800. The molecule has 0 aliphatic heterocycles. The third-order valence-corrected chi connectivity index (χ3v) is 3.34. The van der Waals surface area contributed by atoms with E-state index in [0.717, 1.165) is 12.3 Å². The van der Waals surface area contributed by atoms with Crippen LogP contribution in [0.4, 0.5) is 0 Å². The van der Waals surface area contributed by atoms with Crippen LogP contribution in [-0.2, 0) is 4.74 Å². The Bertz CT molecular complexity index is 164. The summed E-state index contributed by atoms with van der Waals surface area (Å²) in [5.74, 6) is 0.769. The van der Waals surface area contributed by atoms with Gasteiger partial charge in [-0.25, -0.2) is 0 Å². The van der Waals surface area contributed by atoms with E-state index in [9.17, 15) is 0 Å². The van der Waals surface area contributed by atoms with Crippen LogP contribution < -0.4 is 0 Å². The first-order valence-electron chi connectivity index (χ1n) is 5.99. The SMILES string of the molecule is COC(CCC(C)C)CC(C)(C)N(C)C. The van der Waals surface area contributed by atoms with Gasteiger partial charge in [0.2, 0.25) is 0 Å². The molecule has 0 heterocycles. The molecule has 0 aromatic heterocycles. The molecule has 0 saturated heterocycles. The van der Waals surface area contributed by atoms with Crippen LogP contribution in [0.1, 0.15) is 47.0 Å². The molecule has 0 aromatic rings. The van der Waals surface area contributed by atoms with Crippen molar-refractivity contribution in [2.75, 3.05) is 21.2 Å². The molecular formula is C13H29NO. The van der Waals surface area contributed by atoms with Crippen molar-refractivity contribution in [1.82, 2.24) is 4.90 Å². The van der Waals surface area contributed by atoms with Gasteiger partial charge in [-0.3, -0.25) is 0 Å². The Morgan fingerprint density at radius 1 is 1.13 bits per heavy atom. The summed E-state index contributed by atoms with van der Waals surface area (Å²) in [5.41, 5.74) is 0.220. The fourth-order valence-corrected chi connectivity index (χ4v) is 1.56. The lowest BCUT2D eigenvalue weighted by Crippen LogP contribution is -2.41. The molecule has 92 valence electrons. The van der Waals surface area contributed by atoms with Crippen molar-refractivity contribution in [3.05, 3.63) is 0 Å². The van der Waals surface area contributed by atoms with E-state index in [1.54, 1.807) is 0 Å². The smallest absolute Gasteiger partial charge is 0.0588 e. The highest BCUT2D eigenvalue weighted by Crippen LogP contribution is 2.22. The number of methoxy groups -OCH3 is 1. The molecule has 1 unspecified atom stereocenters. The highest BCUT2D eigenvalue weighted by atomic mass is 16.5. The molecular weight excluding hydrogens is 186 g/mol. The van der Waals surface area contributed by atoms with Gasteiger partial charge in [0.15, 0.2) is 0 Å². The van der Waals surface area contributed by atoms with Gasteiger partial charge in [0.25, 0.3) is 0 Å². The fraction of sp³-hybridized carbons (Fsp3) is 1.00. The Balaban J connectivity index is 4.08. The Morgan fingerprint density at radius 2 is 1.67 bits per heavy atom. The Kier molecular flexibility index (Phi) is 6.46. The van der Waals surface area contributed by atoms with Gasteiger partial charge < -0.3 is 9.64 Å². The van der Waals surface area contributed by atoms with Crippen molar-refractivity contribution in [1.29, 1.82) is 0 Å². The van der Waals surface area contributed by atoms with Crippen molar-refractivity contribution in [3.63, 3.8) is 0 Å². The molecule has 2 nitrogen and oxygen atoms in total. The lowest BCUT2D eigenvalue weighted by atomic mass is 9.92. The van der Waals surface area contributed by atoms with E-state index in [1.165, 1.54) is 12.8 Å². The quantitative estimate of drug-likeness (QED) is 0.647. The molecule has 0 aliphatic carbocycles. The topological polar surface area (TPSA) is 12.5 Å². The minimum absolute atomic E-state index is 0.220. The molecule has 2 heteroatoms. The number of ether oxygens (including phenoxy) is 1. The Labute approximate surface area is 96.0 Å². The summed E-state index contributed by atoms with van der Waals surface area (Å²) in [7, 11) is 6.10. The summed E-state index contributed by atoms with van der Waals surface area (Å²) in [6, 6.07) is 0. The zero-order chi connectivity index (χ0) is 12.1. The second-order valence-electron chi connectivity index (χ2n) is 5.74. The van der Waals surface area contributed by atoms with Gasteiger partial charge in [0, 0.05) is 12.6 Å². The maximum atomic E-state index is 5.56. The zero-order valence-corrected chi connectivity index (χ0v) is 11.6. The lowest BCUT2D eigenvalue weighted by molar-refractivity contribution is 0.0367. The summed E-state index contributed by atoms with van der Waals surface area (Å²) in [5, 5.41) is 0. The number of hydrogen-bond acceptors (Lipinski definition) is 2. The number of hydrogen-bond donors (Lipinski definition) is 0. The lowest BCUT2D eigenvalue weighted by Gasteiger charge is -2.35. The summed E-state index contributed by atoms with van der Waals surface area (Å²) in [6.45, 7) is 9.08. The molecule has 0 amide bonds. The first kappa shape index (κ1) is 14.9. The fourth-order valence-electron chi connectivity index (χ4n) is 1.56. The highest BCUT2D eigenvalue weighted by molar-refractivity contribution is 4.81. The average Bonchev–Trinajstić information content (AvgIpc) is 2.11. The molecule has 0 radical (unpaired) electrons. The molecule has 0 spiro atoms. The molecule has 0 N–H and O–H groups in total. The molecule has 0 aromatic carbocycles. The van der Waals surface area contributed by atoms with Crippen LogP contribution in [-0.4, -0.2) is 37.7 Å². The molecule has 1 atom stereocenters. The second-order valence-corrected chi connectivity index (χ2v) is 5.74. The predicted octanol–water partition coefficient (Wildman–Crippen LogP) is 3.17. The minimum atomic E-state index is 0.220. The molecule has 0 saturated carbocycles. The van der Waals surface area contributed by atoms with E-state index < -0.39 is 0 Å². The van der Waals surface area contributed by atoms with Gasteiger partial charge in [-0.2, -0.15) is 0 Å². The van der Waals surface area contributed by atoms with Crippen LogP contribution >= 0.6 is 0 Å². The van der Waals surface area contributed by atoms with E-state index in [4.69, 9.17) is 4.74 Å². The zero-order valence-electron chi connectivity index (χ0n) is 11.6. The van der Waals surface area contributed by atoms with Gasteiger partial charge in [-0.15, -0.1) is 0 Å². The predicted molar refractivity (Wildman–Crippen MR) is 67.3 cm³/mol.